The Bertz CT molecular complexity index is 601. The number of carbonyl (C=O) groups excluding carboxylic acids is 1. The van der Waals surface area contributed by atoms with Gasteiger partial charge in [0.1, 0.15) is 12.7 Å². The van der Waals surface area contributed by atoms with Gasteiger partial charge in [-0.05, 0) is 23.1 Å². The molecule has 21 heavy (non-hydrogen) atoms. The minimum Gasteiger partial charge on any atom is -0.325 e. The van der Waals surface area contributed by atoms with Crippen molar-refractivity contribution in [3.63, 3.8) is 0 Å². The van der Waals surface area contributed by atoms with Crippen molar-refractivity contribution >= 4 is 11.6 Å². The predicted octanol–water partition coefficient (Wildman–Crippen LogP) is 1.64. The van der Waals surface area contributed by atoms with Crippen molar-refractivity contribution in [3.05, 3.63) is 42.5 Å². The average molecular weight is 287 g/mol. The number of nitrogens with zero attached hydrogens (tertiary/aromatic N) is 3. The summed E-state index contributed by atoms with van der Waals surface area (Å²) in [6.07, 6.45) is 3.15. The van der Waals surface area contributed by atoms with Gasteiger partial charge >= 0.3 is 0 Å². The monoisotopic (exact) mass is 287 g/mol. The first-order valence-corrected chi connectivity index (χ1v) is 6.84. The second-order valence-electron chi connectivity index (χ2n) is 6.13. The van der Waals surface area contributed by atoms with Gasteiger partial charge in [0.15, 0.2) is 0 Å². The molecule has 0 spiro atoms. The van der Waals surface area contributed by atoms with Crippen molar-refractivity contribution in [1.82, 2.24) is 14.8 Å². The number of nitrogens with two attached hydrogens (primary N) is 1. The van der Waals surface area contributed by atoms with Gasteiger partial charge in [-0.3, -0.25) is 4.79 Å². The topological polar surface area (TPSA) is 85.8 Å². The van der Waals surface area contributed by atoms with Crippen LogP contribution < -0.4 is 11.1 Å². The molecule has 0 aliphatic heterocycles. The van der Waals surface area contributed by atoms with Crippen LogP contribution in [0.25, 0.3) is 0 Å². The molecule has 0 fully saturated rings. The minimum atomic E-state index is -0.559. The van der Waals surface area contributed by atoms with E-state index in [1.807, 2.05) is 45.0 Å². The predicted molar refractivity (Wildman–Crippen MR) is 81.6 cm³/mol. The van der Waals surface area contributed by atoms with E-state index in [4.69, 9.17) is 5.73 Å². The van der Waals surface area contributed by atoms with Gasteiger partial charge < -0.3 is 11.1 Å². The molecule has 0 saturated carbocycles. The van der Waals surface area contributed by atoms with Crippen molar-refractivity contribution in [1.29, 1.82) is 0 Å². The molecule has 1 amide bonds. The third kappa shape index (κ3) is 4.13. The highest BCUT2D eigenvalue weighted by Crippen LogP contribution is 2.19. The van der Waals surface area contributed by atoms with E-state index < -0.39 is 6.04 Å². The number of amides is 1. The summed E-state index contributed by atoms with van der Waals surface area (Å²) in [5.41, 5.74) is 7.44. The van der Waals surface area contributed by atoms with E-state index in [0.717, 1.165) is 11.3 Å². The summed E-state index contributed by atoms with van der Waals surface area (Å²) in [4.78, 5) is 16.0. The van der Waals surface area contributed by atoms with Gasteiger partial charge in [0, 0.05) is 5.69 Å². The smallest absolute Gasteiger partial charge is 0.241 e. The first-order valence-electron chi connectivity index (χ1n) is 6.84. The third-order valence-corrected chi connectivity index (χ3v) is 3.22. The molecule has 2 aromatic rings. The minimum absolute atomic E-state index is 0.180. The molecule has 6 heteroatoms. The molecule has 0 bridgehead atoms. The highest BCUT2D eigenvalue weighted by Gasteiger charge is 2.27. The third-order valence-electron chi connectivity index (χ3n) is 3.22. The largest absolute Gasteiger partial charge is 0.325 e. The molecule has 0 radical (unpaired) electrons. The van der Waals surface area contributed by atoms with Gasteiger partial charge in [-0.1, -0.05) is 32.9 Å². The van der Waals surface area contributed by atoms with E-state index in [1.54, 1.807) is 11.0 Å². The number of anilines is 1. The zero-order valence-corrected chi connectivity index (χ0v) is 12.6. The van der Waals surface area contributed by atoms with Crippen LogP contribution in [0.15, 0.2) is 36.9 Å². The zero-order valence-electron chi connectivity index (χ0n) is 12.6. The van der Waals surface area contributed by atoms with E-state index in [9.17, 15) is 4.79 Å². The Morgan fingerprint density at radius 3 is 2.81 bits per heavy atom. The number of carbonyl (C=O) groups is 1. The fourth-order valence-corrected chi connectivity index (χ4v) is 1.86. The fraction of sp³-hybridized carbons (Fsp3) is 0.400. The van der Waals surface area contributed by atoms with Gasteiger partial charge in [0.25, 0.3) is 0 Å². The second kappa shape index (κ2) is 6.05. The zero-order chi connectivity index (χ0) is 15.5. The van der Waals surface area contributed by atoms with Gasteiger partial charge in [-0.15, -0.1) is 0 Å². The summed E-state index contributed by atoms with van der Waals surface area (Å²) < 4.78 is 1.72. The molecule has 2 rings (SSSR count). The Labute approximate surface area is 124 Å². The van der Waals surface area contributed by atoms with Gasteiger partial charge in [0.05, 0.1) is 12.6 Å². The van der Waals surface area contributed by atoms with Crippen LogP contribution in [-0.2, 0) is 11.3 Å². The van der Waals surface area contributed by atoms with Crippen LogP contribution in [-0.4, -0.2) is 26.7 Å². The molecule has 1 heterocycles. The Morgan fingerprint density at radius 1 is 1.43 bits per heavy atom. The summed E-state index contributed by atoms with van der Waals surface area (Å²) in [6.45, 7) is 6.43. The molecule has 112 valence electrons. The van der Waals surface area contributed by atoms with Crippen LogP contribution in [0.4, 0.5) is 5.69 Å². The number of aromatic nitrogens is 3. The number of rotatable bonds is 4. The van der Waals surface area contributed by atoms with E-state index in [2.05, 4.69) is 15.4 Å². The SMILES string of the molecule is CC(C)(C)[C@@H](N)C(=O)Nc1cccc(Cn2cncn2)c1. The highest BCUT2D eigenvalue weighted by atomic mass is 16.2. The standard InChI is InChI=1S/C15H21N5O/c1-15(2,3)13(16)14(21)19-12-6-4-5-11(7-12)8-20-10-17-9-18-20/h4-7,9-10,13H,8,16H2,1-3H3,(H,19,21)/t13-/m0/s1. The van der Waals surface area contributed by atoms with Crippen LogP contribution in [0.5, 0.6) is 0 Å². The Hall–Kier alpha value is -2.21. The highest BCUT2D eigenvalue weighted by molar-refractivity contribution is 5.95. The lowest BCUT2D eigenvalue weighted by atomic mass is 9.87. The van der Waals surface area contributed by atoms with E-state index >= 15 is 0 Å². The summed E-state index contributed by atoms with van der Waals surface area (Å²) in [6, 6.07) is 7.06. The van der Waals surface area contributed by atoms with Gasteiger partial charge in [0.2, 0.25) is 5.91 Å². The van der Waals surface area contributed by atoms with Gasteiger partial charge in [-0.25, -0.2) is 9.67 Å². The average Bonchev–Trinajstić information content (AvgIpc) is 2.90. The van der Waals surface area contributed by atoms with Crippen molar-refractivity contribution in [2.24, 2.45) is 11.1 Å². The van der Waals surface area contributed by atoms with E-state index in [0.29, 0.717) is 6.54 Å². The maximum atomic E-state index is 12.1. The lowest BCUT2D eigenvalue weighted by Crippen LogP contribution is -2.45. The fourth-order valence-electron chi connectivity index (χ4n) is 1.86. The summed E-state index contributed by atoms with van der Waals surface area (Å²) in [7, 11) is 0. The first kappa shape index (κ1) is 15.2. The van der Waals surface area contributed by atoms with Crippen molar-refractivity contribution in [2.75, 3.05) is 5.32 Å². The summed E-state index contributed by atoms with van der Waals surface area (Å²) in [5, 5.41) is 6.92. The second-order valence-corrected chi connectivity index (χ2v) is 6.13. The quantitative estimate of drug-likeness (QED) is 0.895. The Kier molecular flexibility index (Phi) is 4.37. The lowest BCUT2D eigenvalue weighted by Gasteiger charge is -2.25. The van der Waals surface area contributed by atoms with Crippen LogP contribution >= 0.6 is 0 Å². The van der Waals surface area contributed by atoms with Gasteiger partial charge in [-0.2, -0.15) is 5.10 Å². The van der Waals surface area contributed by atoms with Crippen molar-refractivity contribution in [3.8, 4) is 0 Å². The number of hydrogen-bond donors (Lipinski definition) is 2. The molecule has 6 nitrogen and oxygen atoms in total. The number of nitrogens with one attached hydrogen (secondary N) is 1. The lowest BCUT2D eigenvalue weighted by molar-refractivity contribution is -0.119. The molecule has 1 aromatic heterocycles. The summed E-state index contributed by atoms with van der Waals surface area (Å²) in [5.74, 6) is -0.180. The molecular formula is C15H21N5O. The Balaban J connectivity index is 2.06. The molecule has 0 saturated heterocycles. The molecule has 3 N–H and O–H groups in total. The number of benzene rings is 1. The first-order chi connectivity index (χ1) is 9.86. The Morgan fingerprint density at radius 2 is 2.19 bits per heavy atom. The molecule has 0 aliphatic rings. The number of hydrogen-bond acceptors (Lipinski definition) is 4. The normalized spacial score (nSPS) is 13.0. The molecule has 1 atom stereocenters. The molecule has 0 aliphatic carbocycles. The maximum absolute atomic E-state index is 12.1. The maximum Gasteiger partial charge on any atom is 0.241 e. The molecule has 0 unspecified atom stereocenters. The van der Waals surface area contributed by atoms with Crippen LogP contribution in [0, 0.1) is 5.41 Å². The van der Waals surface area contributed by atoms with E-state index in [1.165, 1.54) is 6.33 Å². The summed E-state index contributed by atoms with van der Waals surface area (Å²) >= 11 is 0. The van der Waals surface area contributed by atoms with Crippen LogP contribution in [0.1, 0.15) is 26.3 Å². The van der Waals surface area contributed by atoms with E-state index in [-0.39, 0.29) is 11.3 Å². The van der Waals surface area contributed by atoms with Crippen LogP contribution in [0.2, 0.25) is 0 Å². The molecule has 1 aromatic carbocycles. The van der Waals surface area contributed by atoms with Crippen molar-refractivity contribution < 1.29 is 4.79 Å². The molecular weight excluding hydrogens is 266 g/mol. The van der Waals surface area contributed by atoms with Crippen molar-refractivity contribution in [2.45, 2.75) is 33.4 Å². The van der Waals surface area contributed by atoms with Crippen LogP contribution in [0.3, 0.4) is 0 Å².